The summed E-state index contributed by atoms with van der Waals surface area (Å²) in [6.07, 6.45) is 3.90. The van der Waals surface area contributed by atoms with Crippen molar-refractivity contribution in [3.05, 3.63) is 51.3 Å². The van der Waals surface area contributed by atoms with Crippen molar-refractivity contribution in [3.63, 3.8) is 0 Å². The van der Waals surface area contributed by atoms with Crippen LogP contribution in [-0.2, 0) is 0 Å². The van der Waals surface area contributed by atoms with E-state index < -0.39 is 16.2 Å². The van der Waals surface area contributed by atoms with E-state index in [9.17, 15) is 14.9 Å². The van der Waals surface area contributed by atoms with Gasteiger partial charge in [0.1, 0.15) is 5.75 Å². The molecule has 8 nitrogen and oxygen atoms in total. The van der Waals surface area contributed by atoms with Crippen LogP contribution in [0.4, 0.5) is 5.69 Å². The number of rotatable bonds is 3. The largest absolute Gasteiger partial charge is 0.432 e. The molecule has 8 heteroatoms. The number of hydrogen-bond acceptors (Lipinski definition) is 6. The fraction of sp³-hybridized carbons (Fsp3) is 0. The van der Waals surface area contributed by atoms with Crippen LogP contribution in [0.5, 0.6) is 11.6 Å². The Morgan fingerprint density at radius 1 is 1.47 bits per heavy atom. The lowest BCUT2D eigenvalue weighted by Crippen LogP contribution is -2.13. The van der Waals surface area contributed by atoms with Crippen molar-refractivity contribution >= 4 is 5.69 Å². The van der Waals surface area contributed by atoms with E-state index >= 15 is 0 Å². The number of ether oxygens (including phenoxy) is 1. The maximum atomic E-state index is 11.2. The highest BCUT2D eigenvalue weighted by molar-refractivity contribution is 5.40. The first-order valence-electron chi connectivity index (χ1n) is 4.48. The average Bonchev–Trinajstić information content (AvgIpc) is 2.30. The third-order valence-electron chi connectivity index (χ3n) is 1.83. The highest BCUT2D eigenvalue weighted by atomic mass is 16.6. The average molecular weight is 234 g/mol. The van der Waals surface area contributed by atoms with Gasteiger partial charge in [-0.05, 0) is 12.1 Å². The lowest BCUT2D eigenvalue weighted by atomic mass is 10.4. The molecule has 0 aliphatic rings. The summed E-state index contributed by atoms with van der Waals surface area (Å²) < 4.78 is 5.12. The molecule has 0 atom stereocenters. The molecule has 0 saturated carbocycles. The molecule has 0 bridgehead atoms. The van der Waals surface area contributed by atoms with Crippen LogP contribution in [0.1, 0.15) is 0 Å². The van der Waals surface area contributed by atoms with Crippen LogP contribution in [0.25, 0.3) is 0 Å². The van der Waals surface area contributed by atoms with Crippen molar-refractivity contribution in [2.75, 3.05) is 0 Å². The molecule has 0 aliphatic carbocycles. The molecule has 2 heterocycles. The van der Waals surface area contributed by atoms with E-state index in [2.05, 4.69) is 15.0 Å². The lowest BCUT2D eigenvalue weighted by Gasteiger charge is -2.02. The van der Waals surface area contributed by atoms with Gasteiger partial charge in [0, 0.05) is 6.20 Å². The normalized spacial score (nSPS) is 9.88. The van der Waals surface area contributed by atoms with Crippen LogP contribution < -0.4 is 10.3 Å². The van der Waals surface area contributed by atoms with E-state index in [1.54, 1.807) is 12.1 Å². The number of nitro groups is 1. The predicted molar refractivity (Wildman–Crippen MR) is 55.8 cm³/mol. The maximum Gasteiger partial charge on any atom is 0.395 e. The fourth-order valence-electron chi connectivity index (χ4n) is 1.13. The molecular weight excluding hydrogens is 228 g/mol. The van der Waals surface area contributed by atoms with Gasteiger partial charge >= 0.3 is 17.1 Å². The molecule has 0 fully saturated rings. The smallest absolute Gasteiger partial charge is 0.395 e. The molecule has 0 aliphatic heterocycles. The second-order valence-electron chi connectivity index (χ2n) is 2.93. The molecule has 0 aromatic carbocycles. The van der Waals surface area contributed by atoms with Crippen molar-refractivity contribution in [2.24, 2.45) is 0 Å². The first-order valence-corrected chi connectivity index (χ1v) is 4.48. The SMILES string of the molecule is O=c1[nH]cnc(Oc2cccnc2)c1[N+](=O)[O-]. The zero-order chi connectivity index (χ0) is 12.3. The van der Waals surface area contributed by atoms with Gasteiger partial charge in [-0.2, -0.15) is 4.98 Å². The predicted octanol–water partition coefficient (Wildman–Crippen LogP) is 0.865. The zero-order valence-electron chi connectivity index (χ0n) is 8.36. The number of nitrogens with one attached hydrogen (secondary N) is 1. The minimum absolute atomic E-state index is 0.258. The highest BCUT2D eigenvalue weighted by Crippen LogP contribution is 2.23. The summed E-state index contributed by atoms with van der Waals surface area (Å²) in [6, 6.07) is 3.13. The van der Waals surface area contributed by atoms with Crippen LogP contribution in [0, 0.1) is 10.1 Å². The fourth-order valence-corrected chi connectivity index (χ4v) is 1.13. The van der Waals surface area contributed by atoms with E-state index in [0.717, 1.165) is 6.33 Å². The van der Waals surface area contributed by atoms with E-state index in [0.29, 0.717) is 0 Å². The molecule has 0 saturated heterocycles. The highest BCUT2D eigenvalue weighted by Gasteiger charge is 2.22. The molecule has 1 N–H and O–H groups in total. The second-order valence-corrected chi connectivity index (χ2v) is 2.93. The van der Waals surface area contributed by atoms with Gasteiger partial charge in [-0.3, -0.25) is 19.9 Å². The van der Waals surface area contributed by atoms with E-state index in [1.165, 1.54) is 12.4 Å². The standard InChI is InChI=1S/C9H6N4O4/c14-8-7(13(15)16)9(12-5-11-8)17-6-2-1-3-10-4-6/h1-5H,(H,11,12,14). The van der Waals surface area contributed by atoms with Gasteiger partial charge in [-0.1, -0.05) is 0 Å². The van der Waals surface area contributed by atoms with E-state index in [1.807, 2.05) is 0 Å². The summed E-state index contributed by atoms with van der Waals surface area (Å²) >= 11 is 0. The van der Waals surface area contributed by atoms with Gasteiger partial charge in [0.2, 0.25) is 0 Å². The number of aromatic amines is 1. The molecule has 2 aromatic rings. The summed E-state index contributed by atoms with van der Waals surface area (Å²) in [6.45, 7) is 0. The number of hydrogen-bond donors (Lipinski definition) is 1. The lowest BCUT2D eigenvalue weighted by molar-refractivity contribution is -0.387. The summed E-state index contributed by atoms with van der Waals surface area (Å²) in [5.74, 6) is -0.111. The topological polar surface area (TPSA) is 111 Å². The summed E-state index contributed by atoms with van der Waals surface area (Å²) in [4.78, 5) is 30.6. The minimum Gasteiger partial charge on any atom is -0.432 e. The minimum atomic E-state index is -0.871. The molecule has 2 rings (SSSR count). The molecule has 0 spiro atoms. The van der Waals surface area contributed by atoms with Gasteiger partial charge in [0.25, 0.3) is 0 Å². The third kappa shape index (κ3) is 2.25. The van der Waals surface area contributed by atoms with Gasteiger partial charge in [-0.25, -0.2) is 0 Å². The molecular formula is C9H6N4O4. The zero-order valence-corrected chi connectivity index (χ0v) is 8.36. The Morgan fingerprint density at radius 3 is 2.94 bits per heavy atom. The summed E-state index contributed by atoms with van der Waals surface area (Å²) in [5, 5.41) is 10.7. The van der Waals surface area contributed by atoms with Crippen LogP contribution in [0.3, 0.4) is 0 Å². The molecule has 0 unspecified atom stereocenters. The summed E-state index contributed by atoms with van der Waals surface area (Å²) in [7, 11) is 0. The Labute approximate surface area is 94.1 Å². The first-order chi connectivity index (χ1) is 8.18. The van der Waals surface area contributed by atoms with Crippen LogP contribution >= 0.6 is 0 Å². The van der Waals surface area contributed by atoms with Crippen molar-refractivity contribution in [1.82, 2.24) is 15.0 Å². The quantitative estimate of drug-likeness (QED) is 0.622. The Morgan fingerprint density at radius 2 is 2.29 bits per heavy atom. The van der Waals surface area contributed by atoms with Crippen molar-refractivity contribution in [3.8, 4) is 11.6 Å². The van der Waals surface area contributed by atoms with Crippen molar-refractivity contribution < 1.29 is 9.66 Å². The van der Waals surface area contributed by atoms with Crippen LogP contribution in [0.15, 0.2) is 35.6 Å². The molecule has 0 amide bonds. The number of H-pyrrole nitrogens is 1. The maximum absolute atomic E-state index is 11.2. The van der Waals surface area contributed by atoms with E-state index in [4.69, 9.17) is 4.74 Å². The van der Waals surface area contributed by atoms with Crippen LogP contribution in [-0.4, -0.2) is 19.9 Å². The Hall–Kier alpha value is -2.77. The van der Waals surface area contributed by atoms with E-state index in [-0.39, 0.29) is 11.6 Å². The Bertz CT molecular complexity index is 595. The van der Waals surface area contributed by atoms with Crippen LogP contribution in [0.2, 0.25) is 0 Å². The molecule has 86 valence electrons. The van der Waals surface area contributed by atoms with Gasteiger partial charge in [-0.15, -0.1) is 0 Å². The molecule has 0 radical (unpaired) electrons. The van der Waals surface area contributed by atoms with Crippen molar-refractivity contribution in [1.29, 1.82) is 0 Å². The number of pyridine rings is 1. The van der Waals surface area contributed by atoms with Gasteiger partial charge in [0.05, 0.1) is 17.4 Å². The first kappa shape index (κ1) is 10.7. The van der Waals surface area contributed by atoms with Gasteiger partial charge in [0.15, 0.2) is 0 Å². The Balaban J connectivity index is 2.43. The third-order valence-corrected chi connectivity index (χ3v) is 1.83. The molecule has 2 aromatic heterocycles. The monoisotopic (exact) mass is 234 g/mol. The molecule has 17 heavy (non-hydrogen) atoms. The number of aromatic nitrogens is 3. The van der Waals surface area contributed by atoms with Gasteiger partial charge < -0.3 is 9.72 Å². The second kappa shape index (κ2) is 4.39. The summed E-state index contributed by atoms with van der Waals surface area (Å²) in [5.41, 5.74) is -1.61. The Kier molecular flexibility index (Phi) is 2.77. The number of nitrogens with zero attached hydrogens (tertiary/aromatic N) is 3. The van der Waals surface area contributed by atoms with Crippen molar-refractivity contribution in [2.45, 2.75) is 0 Å².